The first-order valence-corrected chi connectivity index (χ1v) is 10.1. The number of nitrogens with one attached hydrogen (secondary N) is 2. The van der Waals surface area contributed by atoms with Crippen LogP contribution in [0.25, 0.3) is 10.8 Å². The van der Waals surface area contributed by atoms with E-state index in [1.165, 1.54) is 11.3 Å². The molecule has 0 radical (unpaired) electrons. The second kappa shape index (κ2) is 8.67. The van der Waals surface area contributed by atoms with Crippen LogP contribution in [0.5, 0.6) is 11.5 Å². The van der Waals surface area contributed by atoms with Gasteiger partial charge in [-0.25, -0.2) is 9.59 Å². The van der Waals surface area contributed by atoms with Crippen LogP contribution in [0, 0.1) is 6.92 Å². The molecule has 0 spiro atoms. The van der Waals surface area contributed by atoms with Gasteiger partial charge in [0, 0.05) is 21.8 Å². The van der Waals surface area contributed by atoms with Gasteiger partial charge in [0.1, 0.15) is 0 Å². The highest BCUT2D eigenvalue weighted by atomic mass is 32.1. The molecule has 4 aromatic rings. The van der Waals surface area contributed by atoms with Crippen molar-refractivity contribution in [3.05, 3.63) is 83.1 Å². The second-order valence-corrected chi connectivity index (χ2v) is 7.27. The second-order valence-electron chi connectivity index (χ2n) is 6.52. The zero-order chi connectivity index (χ0) is 20.9. The van der Waals surface area contributed by atoms with Crippen molar-refractivity contribution in [3.63, 3.8) is 0 Å². The molecule has 0 unspecified atom stereocenters. The molecule has 4 rings (SSSR count). The SMILES string of the molecule is Cc1ccc(NC(=O)Oc2cscc2OC(=O)Nc2cccc3ccccc23)cc1. The first-order valence-electron chi connectivity index (χ1n) is 9.17. The van der Waals surface area contributed by atoms with Crippen molar-refractivity contribution < 1.29 is 19.1 Å². The highest BCUT2D eigenvalue weighted by molar-refractivity contribution is 7.08. The summed E-state index contributed by atoms with van der Waals surface area (Å²) in [4.78, 5) is 24.6. The van der Waals surface area contributed by atoms with Gasteiger partial charge < -0.3 is 9.47 Å². The predicted molar refractivity (Wildman–Crippen MR) is 119 cm³/mol. The van der Waals surface area contributed by atoms with E-state index in [1.54, 1.807) is 29.0 Å². The third-order valence-electron chi connectivity index (χ3n) is 4.32. The number of amides is 2. The molecule has 0 fully saturated rings. The van der Waals surface area contributed by atoms with Crippen molar-refractivity contribution in [2.75, 3.05) is 10.6 Å². The van der Waals surface area contributed by atoms with E-state index in [1.807, 2.05) is 55.5 Å². The van der Waals surface area contributed by atoms with Crippen molar-refractivity contribution in [1.29, 1.82) is 0 Å². The van der Waals surface area contributed by atoms with Gasteiger partial charge in [0.05, 0.1) is 5.69 Å². The molecule has 30 heavy (non-hydrogen) atoms. The van der Waals surface area contributed by atoms with Crippen molar-refractivity contribution in [3.8, 4) is 11.5 Å². The monoisotopic (exact) mass is 418 g/mol. The molecule has 6 nitrogen and oxygen atoms in total. The summed E-state index contributed by atoms with van der Waals surface area (Å²) in [7, 11) is 0. The highest BCUT2D eigenvalue weighted by Gasteiger charge is 2.16. The molecule has 150 valence electrons. The van der Waals surface area contributed by atoms with Gasteiger partial charge in [-0.2, -0.15) is 0 Å². The van der Waals surface area contributed by atoms with E-state index in [0.29, 0.717) is 11.4 Å². The number of benzene rings is 3. The lowest BCUT2D eigenvalue weighted by Gasteiger charge is -2.10. The average Bonchev–Trinajstić information content (AvgIpc) is 3.16. The Hall–Kier alpha value is -3.84. The molecule has 0 aliphatic heterocycles. The number of hydrogen-bond acceptors (Lipinski definition) is 5. The normalized spacial score (nSPS) is 10.4. The Bertz CT molecular complexity index is 1200. The summed E-state index contributed by atoms with van der Waals surface area (Å²) in [6.45, 7) is 1.96. The molecule has 1 heterocycles. The molecule has 0 bridgehead atoms. The van der Waals surface area contributed by atoms with Gasteiger partial charge in [-0.3, -0.25) is 10.6 Å². The fraction of sp³-hybridized carbons (Fsp3) is 0.0435. The fourth-order valence-corrected chi connectivity index (χ4v) is 3.52. The highest BCUT2D eigenvalue weighted by Crippen LogP contribution is 2.32. The van der Waals surface area contributed by atoms with Crippen LogP contribution in [0.1, 0.15) is 5.56 Å². The molecule has 0 aliphatic carbocycles. The zero-order valence-corrected chi connectivity index (χ0v) is 16.9. The first kappa shape index (κ1) is 19.5. The molecule has 0 saturated heterocycles. The van der Waals surface area contributed by atoms with E-state index in [9.17, 15) is 9.59 Å². The van der Waals surface area contributed by atoms with Crippen LogP contribution in [0.4, 0.5) is 21.0 Å². The lowest BCUT2D eigenvalue weighted by atomic mass is 10.1. The molecule has 3 aromatic carbocycles. The molecule has 0 saturated carbocycles. The van der Waals surface area contributed by atoms with Gasteiger partial charge in [-0.05, 0) is 30.5 Å². The third kappa shape index (κ3) is 4.59. The van der Waals surface area contributed by atoms with E-state index >= 15 is 0 Å². The number of rotatable bonds is 4. The molecule has 2 amide bonds. The number of aryl methyl sites for hydroxylation is 1. The topological polar surface area (TPSA) is 76.7 Å². The number of fused-ring (bicyclic) bond motifs is 1. The molecular weight excluding hydrogens is 400 g/mol. The minimum atomic E-state index is -0.673. The lowest BCUT2D eigenvalue weighted by Crippen LogP contribution is -2.19. The summed E-state index contributed by atoms with van der Waals surface area (Å²) in [5, 5.41) is 10.5. The van der Waals surface area contributed by atoms with Gasteiger partial charge in [0.25, 0.3) is 0 Å². The Labute approximate surface area is 177 Å². The maximum atomic E-state index is 12.4. The molecule has 2 N–H and O–H groups in total. The number of carbonyl (C=O) groups excluding carboxylic acids is 2. The van der Waals surface area contributed by atoms with E-state index in [4.69, 9.17) is 9.47 Å². The van der Waals surface area contributed by atoms with Gasteiger partial charge in [-0.15, -0.1) is 11.3 Å². The van der Waals surface area contributed by atoms with Gasteiger partial charge in [0.2, 0.25) is 0 Å². The number of thiophene rings is 1. The third-order valence-corrected chi connectivity index (χ3v) is 5.02. The molecule has 0 aliphatic rings. The van der Waals surface area contributed by atoms with Crippen molar-refractivity contribution in [1.82, 2.24) is 0 Å². The van der Waals surface area contributed by atoms with Crippen molar-refractivity contribution in [2.24, 2.45) is 0 Å². The van der Waals surface area contributed by atoms with Crippen LogP contribution in [0.3, 0.4) is 0 Å². The number of hydrogen-bond donors (Lipinski definition) is 2. The number of ether oxygens (including phenoxy) is 2. The molecule has 1 aromatic heterocycles. The van der Waals surface area contributed by atoms with E-state index in [-0.39, 0.29) is 11.5 Å². The molecule has 0 atom stereocenters. The minimum absolute atomic E-state index is 0.164. The summed E-state index contributed by atoms with van der Waals surface area (Å²) in [5.74, 6) is 0.328. The van der Waals surface area contributed by atoms with Crippen LogP contribution >= 0.6 is 11.3 Å². The summed E-state index contributed by atoms with van der Waals surface area (Å²) >= 11 is 1.26. The maximum Gasteiger partial charge on any atom is 0.417 e. The maximum absolute atomic E-state index is 12.4. The predicted octanol–water partition coefficient (Wildman–Crippen LogP) is 6.43. The van der Waals surface area contributed by atoms with Crippen LogP contribution in [-0.2, 0) is 0 Å². The van der Waals surface area contributed by atoms with E-state index in [0.717, 1.165) is 16.3 Å². The summed E-state index contributed by atoms with van der Waals surface area (Å²) in [6.07, 6.45) is -1.34. The molecular formula is C23H18N2O4S. The summed E-state index contributed by atoms with van der Waals surface area (Å²) in [5.41, 5.74) is 2.32. The Morgan fingerprint density at radius 3 is 2.13 bits per heavy atom. The standard InChI is InChI=1S/C23H18N2O4S/c1-15-9-11-17(12-10-15)24-22(26)28-20-13-30-14-21(20)29-23(27)25-19-8-4-6-16-5-2-3-7-18(16)19/h2-14H,1H3,(H,24,26)(H,25,27). The van der Waals surface area contributed by atoms with Gasteiger partial charge in [-0.1, -0.05) is 54.1 Å². The van der Waals surface area contributed by atoms with Gasteiger partial charge in [0.15, 0.2) is 11.5 Å². The average molecular weight is 418 g/mol. The Balaban J connectivity index is 1.41. The fourth-order valence-electron chi connectivity index (χ4n) is 2.87. The first-order chi connectivity index (χ1) is 14.6. The van der Waals surface area contributed by atoms with E-state index in [2.05, 4.69) is 10.6 Å². The summed E-state index contributed by atoms with van der Waals surface area (Å²) < 4.78 is 10.7. The van der Waals surface area contributed by atoms with Crippen molar-refractivity contribution in [2.45, 2.75) is 6.92 Å². The lowest BCUT2D eigenvalue weighted by molar-refractivity contribution is 0.205. The van der Waals surface area contributed by atoms with Crippen molar-refractivity contribution >= 4 is 45.7 Å². The summed E-state index contributed by atoms with van der Waals surface area (Å²) in [6, 6.07) is 20.6. The smallest absolute Gasteiger partial charge is 0.405 e. The number of anilines is 2. The van der Waals surface area contributed by atoms with Crippen LogP contribution in [0.15, 0.2) is 77.5 Å². The minimum Gasteiger partial charge on any atom is -0.405 e. The largest absolute Gasteiger partial charge is 0.417 e. The Kier molecular flexibility index (Phi) is 5.63. The quantitative estimate of drug-likeness (QED) is 0.400. The Morgan fingerprint density at radius 1 is 0.767 bits per heavy atom. The zero-order valence-electron chi connectivity index (χ0n) is 16.0. The van der Waals surface area contributed by atoms with Gasteiger partial charge >= 0.3 is 12.2 Å². The Morgan fingerprint density at radius 2 is 1.40 bits per heavy atom. The van der Waals surface area contributed by atoms with E-state index < -0.39 is 12.2 Å². The van der Waals surface area contributed by atoms with Crippen LogP contribution in [-0.4, -0.2) is 12.2 Å². The van der Waals surface area contributed by atoms with Crippen LogP contribution in [0.2, 0.25) is 0 Å². The molecule has 7 heteroatoms. The number of carbonyl (C=O) groups is 2. The van der Waals surface area contributed by atoms with Crippen LogP contribution < -0.4 is 20.1 Å².